The first-order valence-corrected chi connectivity index (χ1v) is 12.0. The van der Waals surface area contributed by atoms with Crippen LogP contribution in [0, 0.1) is 6.92 Å². The first-order valence-electron chi connectivity index (χ1n) is 12.0. The van der Waals surface area contributed by atoms with Crippen LogP contribution >= 0.6 is 0 Å². The van der Waals surface area contributed by atoms with Crippen LogP contribution in [0.3, 0.4) is 0 Å². The molecule has 1 unspecified atom stereocenters. The number of ether oxygens (including phenoxy) is 1. The Bertz CT molecular complexity index is 1460. The second-order valence-corrected chi connectivity index (χ2v) is 8.71. The van der Waals surface area contributed by atoms with Gasteiger partial charge in [0.1, 0.15) is 11.3 Å². The summed E-state index contributed by atoms with van der Waals surface area (Å²) in [7, 11) is 1.55. The number of para-hydroxylation sites is 1. The number of amides is 3. The number of anilines is 2. The van der Waals surface area contributed by atoms with E-state index in [4.69, 9.17) is 9.15 Å². The Balaban J connectivity index is 1.32. The van der Waals surface area contributed by atoms with Crippen LogP contribution in [0.25, 0.3) is 11.0 Å². The zero-order chi connectivity index (χ0) is 26.4. The molecule has 1 atom stereocenters. The molecule has 190 valence electrons. The van der Waals surface area contributed by atoms with Gasteiger partial charge in [-0.1, -0.05) is 30.3 Å². The Hall–Kier alpha value is -4.59. The number of carbonyl (C=O) groups excluding carboxylic acids is 2. The minimum absolute atomic E-state index is 0.150. The van der Waals surface area contributed by atoms with Crippen molar-refractivity contribution in [1.29, 1.82) is 0 Å². The fourth-order valence-corrected chi connectivity index (χ4v) is 4.10. The summed E-state index contributed by atoms with van der Waals surface area (Å²) in [4.78, 5) is 37.3. The van der Waals surface area contributed by atoms with Crippen LogP contribution < -0.4 is 26.3 Å². The summed E-state index contributed by atoms with van der Waals surface area (Å²) in [5.41, 5.74) is 3.52. The lowest BCUT2D eigenvalue weighted by Crippen LogP contribution is -2.27. The minimum Gasteiger partial charge on any atom is -0.497 e. The van der Waals surface area contributed by atoms with Gasteiger partial charge in [-0.25, -0.2) is 9.59 Å². The summed E-state index contributed by atoms with van der Waals surface area (Å²) in [6.07, 6.45) is 0.422. The summed E-state index contributed by atoms with van der Waals surface area (Å²) in [6.45, 7) is 3.74. The molecule has 37 heavy (non-hydrogen) atoms. The third kappa shape index (κ3) is 6.35. The van der Waals surface area contributed by atoms with E-state index in [0.29, 0.717) is 28.3 Å². The molecule has 4 rings (SSSR count). The fourth-order valence-electron chi connectivity index (χ4n) is 4.10. The van der Waals surface area contributed by atoms with Crippen molar-refractivity contribution in [1.82, 2.24) is 5.32 Å². The van der Waals surface area contributed by atoms with Crippen molar-refractivity contribution in [3.63, 3.8) is 0 Å². The Morgan fingerprint density at radius 2 is 1.62 bits per heavy atom. The molecule has 3 amide bonds. The molecule has 3 aromatic carbocycles. The van der Waals surface area contributed by atoms with Gasteiger partial charge in [-0.2, -0.15) is 0 Å². The van der Waals surface area contributed by atoms with Crippen LogP contribution in [0.15, 0.2) is 82.0 Å². The molecule has 0 fully saturated rings. The van der Waals surface area contributed by atoms with Gasteiger partial charge < -0.3 is 25.1 Å². The molecule has 8 nitrogen and oxygen atoms in total. The van der Waals surface area contributed by atoms with Gasteiger partial charge in [0.05, 0.1) is 13.2 Å². The van der Waals surface area contributed by atoms with E-state index in [-0.39, 0.29) is 30.8 Å². The highest BCUT2D eigenvalue weighted by molar-refractivity contribution is 5.99. The number of methoxy groups -OCH3 is 1. The summed E-state index contributed by atoms with van der Waals surface area (Å²) in [5.74, 6) is 0.431. The number of carbonyl (C=O) groups is 2. The van der Waals surface area contributed by atoms with E-state index in [1.54, 1.807) is 37.4 Å². The molecular weight excluding hydrogens is 470 g/mol. The van der Waals surface area contributed by atoms with E-state index in [1.165, 1.54) is 0 Å². The molecule has 3 N–H and O–H groups in total. The van der Waals surface area contributed by atoms with Crippen LogP contribution in [0.5, 0.6) is 5.75 Å². The standard InChI is InChI=1S/C29H29N3O5/c1-18-24-14-13-23(36-3)17-26(24)37-28(34)25(18)15-16-27(33)30-19(2)20-9-11-22(12-10-20)32-29(35)31-21-7-5-4-6-8-21/h4-14,17,19H,15-16H2,1-3H3,(H,30,33)(H2,31,32,35). The van der Waals surface area contributed by atoms with Crippen molar-refractivity contribution < 1.29 is 18.7 Å². The maximum Gasteiger partial charge on any atom is 0.339 e. The molecule has 0 bridgehead atoms. The van der Waals surface area contributed by atoms with Crippen LogP contribution in [-0.4, -0.2) is 19.0 Å². The quantitative estimate of drug-likeness (QED) is 0.275. The Morgan fingerprint density at radius 1 is 0.946 bits per heavy atom. The number of hydrogen-bond acceptors (Lipinski definition) is 5. The number of rotatable bonds is 8. The van der Waals surface area contributed by atoms with Crippen molar-refractivity contribution in [3.8, 4) is 5.75 Å². The number of nitrogens with one attached hydrogen (secondary N) is 3. The smallest absolute Gasteiger partial charge is 0.339 e. The number of benzene rings is 3. The van der Waals surface area contributed by atoms with Crippen LogP contribution in [0.1, 0.15) is 36.1 Å². The highest BCUT2D eigenvalue weighted by Gasteiger charge is 2.15. The largest absolute Gasteiger partial charge is 0.497 e. The Labute approximate surface area is 214 Å². The molecule has 0 radical (unpaired) electrons. The van der Waals surface area contributed by atoms with E-state index >= 15 is 0 Å². The SMILES string of the molecule is COc1ccc2c(C)c(CCC(=O)NC(C)c3ccc(NC(=O)Nc4ccccc4)cc3)c(=O)oc2c1. The maximum absolute atomic E-state index is 12.6. The van der Waals surface area contributed by atoms with Gasteiger partial charge >= 0.3 is 11.7 Å². The number of hydrogen-bond donors (Lipinski definition) is 3. The lowest BCUT2D eigenvalue weighted by Gasteiger charge is -2.15. The van der Waals surface area contributed by atoms with Crippen molar-refractivity contribution in [2.45, 2.75) is 32.7 Å². The van der Waals surface area contributed by atoms with E-state index in [9.17, 15) is 14.4 Å². The van der Waals surface area contributed by atoms with Gasteiger partial charge in [0.15, 0.2) is 0 Å². The first kappa shape index (κ1) is 25.5. The topological polar surface area (TPSA) is 110 Å². The summed E-state index contributed by atoms with van der Waals surface area (Å²) < 4.78 is 10.7. The second kappa shape index (κ2) is 11.4. The third-order valence-corrected chi connectivity index (χ3v) is 6.17. The fraction of sp³-hybridized carbons (Fsp3) is 0.207. The Morgan fingerprint density at radius 3 is 2.30 bits per heavy atom. The molecule has 8 heteroatoms. The van der Waals surface area contributed by atoms with E-state index in [1.807, 2.05) is 56.3 Å². The predicted octanol–water partition coefficient (Wildman–Crippen LogP) is 5.56. The van der Waals surface area contributed by atoms with Crippen LogP contribution in [0.4, 0.5) is 16.2 Å². The molecule has 0 aliphatic heterocycles. The van der Waals surface area contributed by atoms with Gasteiger partial charge in [0, 0.05) is 34.8 Å². The van der Waals surface area contributed by atoms with E-state index < -0.39 is 5.63 Å². The van der Waals surface area contributed by atoms with Crippen LogP contribution in [-0.2, 0) is 11.2 Å². The number of urea groups is 1. The van der Waals surface area contributed by atoms with Crippen LogP contribution in [0.2, 0.25) is 0 Å². The minimum atomic E-state index is -0.446. The van der Waals surface area contributed by atoms with Gasteiger partial charge in [-0.05, 0) is 67.8 Å². The zero-order valence-electron chi connectivity index (χ0n) is 21.0. The van der Waals surface area contributed by atoms with Crippen molar-refractivity contribution in [2.24, 2.45) is 0 Å². The highest BCUT2D eigenvalue weighted by Crippen LogP contribution is 2.24. The van der Waals surface area contributed by atoms with Gasteiger partial charge in [0.25, 0.3) is 0 Å². The molecule has 4 aromatic rings. The molecule has 0 spiro atoms. The lowest BCUT2D eigenvalue weighted by molar-refractivity contribution is -0.121. The number of aryl methyl sites for hydroxylation is 1. The lowest BCUT2D eigenvalue weighted by atomic mass is 10.0. The van der Waals surface area contributed by atoms with Gasteiger partial charge in [-0.15, -0.1) is 0 Å². The maximum atomic E-state index is 12.6. The molecule has 1 aromatic heterocycles. The van der Waals surface area contributed by atoms with Crippen molar-refractivity contribution >= 4 is 34.3 Å². The Kier molecular flexibility index (Phi) is 7.88. The van der Waals surface area contributed by atoms with E-state index in [0.717, 1.165) is 16.5 Å². The predicted molar refractivity (Wildman–Crippen MR) is 144 cm³/mol. The monoisotopic (exact) mass is 499 g/mol. The van der Waals surface area contributed by atoms with Crippen molar-refractivity contribution in [2.75, 3.05) is 17.7 Å². The molecular formula is C29H29N3O5. The molecule has 0 saturated heterocycles. The van der Waals surface area contributed by atoms with E-state index in [2.05, 4.69) is 16.0 Å². The normalized spacial score (nSPS) is 11.5. The van der Waals surface area contributed by atoms with Gasteiger partial charge in [-0.3, -0.25) is 4.79 Å². The first-order chi connectivity index (χ1) is 17.8. The average molecular weight is 500 g/mol. The molecule has 0 aliphatic carbocycles. The highest BCUT2D eigenvalue weighted by atomic mass is 16.5. The molecule has 1 heterocycles. The molecule has 0 saturated carbocycles. The second-order valence-electron chi connectivity index (χ2n) is 8.71. The average Bonchev–Trinajstić information content (AvgIpc) is 2.89. The molecule has 0 aliphatic rings. The third-order valence-electron chi connectivity index (χ3n) is 6.17. The number of fused-ring (bicyclic) bond motifs is 1. The van der Waals surface area contributed by atoms with Crippen molar-refractivity contribution in [3.05, 3.63) is 99.9 Å². The summed E-state index contributed by atoms with van der Waals surface area (Å²) in [6, 6.07) is 21.2. The zero-order valence-corrected chi connectivity index (χ0v) is 21.0. The summed E-state index contributed by atoms with van der Waals surface area (Å²) in [5, 5.41) is 9.32. The summed E-state index contributed by atoms with van der Waals surface area (Å²) >= 11 is 0. The van der Waals surface area contributed by atoms with Gasteiger partial charge in [0.2, 0.25) is 5.91 Å².